The lowest BCUT2D eigenvalue weighted by molar-refractivity contribution is 0.483. The molecule has 1 aromatic rings. The molecule has 0 saturated heterocycles. The predicted molar refractivity (Wildman–Crippen MR) is 81.9 cm³/mol. The van der Waals surface area contributed by atoms with Crippen LogP contribution >= 0.6 is 15.9 Å². The van der Waals surface area contributed by atoms with Crippen LogP contribution in [-0.2, 0) is 16.4 Å². The van der Waals surface area contributed by atoms with Gasteiger partial charge in [-0.3, -0.25) is 4.98 Å². The van der Waals surface area contributed by atoms with Gasteiger partial charge in [0.15, 0.2) is 0 Å². The van der Waals surface area contributed by atoms with Crippen LogP contribution in [0.5, 0.6) is 0 Å². The highest BCUT2D eigenvalue weighted by Gasteiger charge is 2.13. The summed E-state index contributed by atoms with van der Waals surface area (Å²) in [5.74, 6) is 0.525. The van der Waals surface area contributed by atoms with Crippen molar-refractivity contribution in [3.8, 4) is 0 Å². The lowest BCUT2D eigenvalue weighted by Gasteiger charge is -2.14. The number of aryl methyl sites for hydroxylation is 1. The van der Waals surface area contributed by atoms with Gasteiger partial charge in [-0.25, -0.2) is 13.1 Å². The van der Waals surface area contributed by atoms with Crippen LogP contribution in [0, 0.1) is 5.92 Å². The molecule has 0 aliphatic rings. The standard InChI is InChI=1S/C13H21BrN2O2S/c1-2-12(3-7-14)11-16-19(17,18)10-6-13-4-8-15-9-5-13/h4-5,8-9,12,16H,2-3,6-7,10-11H2,1H3. The second-order valence-electron chi connectivity index (χ2n) is 4.52. The molecule has 1 N–H and O–H groups in total. The number of alkyl halides is 1. The molecular weight excluding hydrogens is 328 g/mol. The lowest BCUT2D eigenvalue weighted by atomic mass is 10.0. The van der Waals surface area contributed by atoms with E-state index in [1.807, 2.05) is 12.1 Å². The first-order valence-electron chi connectivity index (χ1n) is 6.49. The van der Waals surface area contributed by atoms with E-state index in [2.05, 4.69) is 32.6 Å². The Morgan fingerprint density at radius 3 is 2.63 bits per heavy atom. The molecule has 0 saturated carbocycles. The summed E-state index contributed by atoms with van der Waals surface area (Å²) in [5.41, 5.74) is 0.993. The highest BCUT2D eigenvalue weighted by Crippen LogP contribution is 2.09. The van der Waals surface area contributed by atoms with Crippen LogP contribution in [-0.4, -0.2) is 31.0 Å². The molecule has 0 bridgehead atoms. The van der Waals surface area contributed by atoms with Crippen molar-refractivity contribution in [2.75, 3.05) is 17.6 Å². The molecule has 108 valence electrons. The second kappa shape index (κ2) is 8.66. The maximum absolute atomic E-state index is 11.9. The first kappa shape index (κ1) is 16.6. The van der Waals surface area contributed by atoms with Crippen molar-refractivity contribution in [2.45, 2.75) is 26.2 Å². The van der Waals surface area contributed by atoms with E-state index in [1.165, 1.54) is 0 Å². The Morgan fingerprint density at radius 1 is 1.37 bits per heavy atom. The van der Waals surface area contributed by atoms with Gasteiger partial charge in [0.1, 0.15) is 0 Å². The number of nitrogens with one attached hydrogen (secondary N) is 1. The SMILES string of the molecule is CCC(CCBr)CNS(=O)(=O)CCc1ccncc1. The molecule has 0 radical (unpaired) electrons. The van der Waals surface area contributed by atoms with E-state index in [0.717, 1.165) is 23.7 Å². The van der Waals surface area contributed by atoms with Crippen molar-refractivity contribution in [1.29, 1.82) is 0 Å². The van der Waals surface area contributed by atoms with Gasteiger partial charge in [0.2, 0.25) is 10.0 Å². The number of hydrogen-bond donors (Lipinski definition) is 1. The fourth-order valence-corrected chi connectivity index (χ4v) is 3.51. The number of sulfonamides is 1. The van der Waals surface area contributed by atoms with Crippen LogP contribution in [0.2, 0.25) is 0 Å². The first-order chi connectivity index (χ1) is 9.07. The van der Waals surface area contributed by atoms with Gasteiger partial charge in [0.25, 0.3) is 0 Å². The van der Waals surface area contributed by atoms with Crippen LogP contribution < -0.4 is 4.72 Å². The monoisotopic (exact) mass is 348 g/mol. The summed E-state index contributed by atoms with van der Waals surface area (Å²) in [6.45, 7) is 2.61. The molecule has 1 rings (SSSR count). The van der Waals surface area contributed by atoms with E-state index in [9.17, 15) is 8.42 Å². The highest BCUT2D eigenvalue weighted by atomic mass is 79.9. The molecular formula is C13H21BrN2O2S. The average Bonchev–Trinajstić information content (AvgIpc) is 2.42. The summed E-state index contributed by atoms with van der Waals surface area (Å²) in [7, 11) is -3.19. The van der Waals surface area contributed by atoms with Gasteiger partial charge in [0, 0.05) is 24.3 Å². The molecule has 1 atom stereocenters. The van der Waals surface area contributed by atoms with Gasteiger partial charge in [-0.2, -0.15) is 0 Å². The molecule has 1 heterocycles. The minimum absolute atomic E-state index is 0.127. The molecule has 0 fully saturated rings. The number of nitrogens with zero attached hydrogens (tertiary/aromatic N) is 1. The van der Waals surface area contributed by atoms with Gasteiger partial charge < -0.3 is 0 Å². The number of pyridine rings is 1. The zero-order chi connectivity index (χ0) is 14.1. The van der Waals surface area contributed by atoms with Crippen molar-refractivity contribution < 1.29 is 8.42 Å². The number of halogens is 1. The predicted octanol–water partition coefficient (Wildman–Crippen LogP) is 2.35. The van der Waals surface area contributed by atoms with Crippen molar-refractivity contribution >= 4 is 26.0 Å². The average molecular weight is 349 g/mol. The largest absolute Gasteiger partial charge is 0.265 e. The molecule has 19 heavy (non-hydrogen) atoms. The smallest absolute Gasteiger partial charge is 0.211 e. The summed E-state index contributed by atoms with van der Waals surface area (Å²) in [4.78, 5) is 3.91. The van der Waals surface area contributed by atoms with E-state index in [4.69, 9.17) is 0 Å². The summed E-state index contributed by atoms with van der Waals surface area (Å²) in [5, 5.41) is 0.907. The van der Waals surface area contributed by atoms with E-state index >= 15 is 0 Å². The third kappa shape index (κ3) is 7.03. The van der Waals surface area contributed by atoms with Crippen molar-refractivity contribution in [1.82, 2.24) is 9.71 Å². The van der Waals surface area contributed by atoms with Gasteiger partial charge >= 0.3 is 0 Å². The molecule has 0 aromatic carbocycles. The Labute approximate surface area is 124 Å². The van der Waals surface area contributed by atoms with Gasteiger partial charge in [0.05, 0.1) is 5.75 Å². The molecule has 0 amide bonds. The minimum Gasteiger partial charge on any atom is -0.265 e. The van der Waals surface area contributed by atoms with Crippen LogP contribution in [0.3, 0.4) is 0 Å². The van der Waals surface area contributed by atoms with Crippen LogP contribution in [0.25, 0.3) is 0 Å². The van der Waals surface area contributed by atoms with Crippen LogP contribution in [0.1, 0.15) is 25.3 Å². The normalized spacial score (nSPS) is 13.4. The van der Waals surface area contributed by atoms with E-state index in [0.29, 0.717) is 18.9 Å². The Morgan fingerprint density at radius 2 is 2.05 bits per heavy atom. The lowest BCUT2D eigenvalue weighted by Crippen LogP contribution is -2.32. The summed E-state index contributed by atoms with van der Waals surface area (Å²) in [6.07, 6.45) is 5.85. The number of rotatable bonds is 9. The van der Waals surface area contributed by atoms with E-state index in [-0.39, 0.29) is 5.75 Å². The zero-order valence-corrected chi connectivity index (χ0v) is 13.6. The van der Waals surface area contributed by atoms with Crippen LogP contribution in [0.15, 0.2) is 24.5 Å². The van der Waals surface area contributed by atoms with Crippen molar-refractivity contribution in [3.05, 3.63) is 30.1 Å². The Kier molecular flexibility index (Phi) is 7.56. The van der Waals surface area contributed by atoms with Gasteiger partial charge in [-0.15, -0.1) is 0 Å². The number of aromatic nitrogens is 1. The molecule has 0 aliphatic carbocycles. The van der Waals surface area contributed by atoms with Gasteiger partial charge in [-0.05, 0) is 36.5 Å². The Balaban J connectivity index is 2.39. The second-order valence-corrected chi connectivity index (χ2v) is 7.24. The quantitative estimate of drug-likeness (QED) is 0.697. The highest BCUT2D eigenvalue weighted by molar-refractivity contribution is 9.09. The fraction of sp³-hybridized carbons (Fsp3) is 0.615. The summed E-state index contributed by atoms with van der Waals surface area (Å²) < 4.78 is 26.5. The first-order valence-corrected chi connectivity index (χ1v) is 9.27. The van der Waals surface area contributed by atoms with E-state index < -0.39 is 10.0 Å². The molecule has 4 nitrogen and oxygen atoms in total. The Bertz CT molecular complexity index is 451. The number of hydrogen-bond acceptors (Lipinski definition) is 3. The topological polar surface area (TPSA) is 59.1 Å². The zero-order valence-electron chi connectivity index (χ0n) is 11.2. The third-order valence-corrected chi connectivity index (χ3v) is 4.90. The molecule has 1 aromatic heterocycles. The fourth-order valence-electron chi connectivity index (χ4n) is 1.72. The van der Waals surface area contributed by atoms with E-state index in [1.54, 1.807) is 12.4 Å². The summed E-state index contributed by atoms with van der Waals surface area (Å²) >= 11 is 3.39. The summed E-state index contributed by atoms with van der Waals surface area (Å²) in [6, 6.07) is 3.68. The van der Waals surface area contributed by atoms with Crippen molar-refractivity contribution in [2.24, 2.45) is 5.92 Å². The third-order valence-electron chi connectivity index (χ3n) is 3.10. The maximum atomic E-state index is 11.9. The minimum atomic E-state index is -3.19. The van der Waals surface area contributed by atoms with Crippen molar-refractivity contribution in [3.63, 3.8) is 0 Å². The molecule has 1 unspecified atom stereocenters. The maximum Gasteiger partial charge on any atom is 0.211 e. The van der Waals surface area contributed by atoms with Gasteiger partial charge in [-0.1, -0.05) is 29.3 Å². The van der Waals surface area contributed by atoms with Crippen LogP contribution in [0.4, 0.5) is 0 Å². The Hall–Kier alpha value is -0.460. The molecule has 0 spiro atoms. The molecule has 0 aliphatic heterocycles. The molecule has 6 heteroatoms.